The molecule has 0 radical (unpaired) electrons. The quantitative estimate of drug-likeness (QED) is 0.713. The molecule has 1 atom stereocenters. The molecule has 0 bridgehead atoms. The van der Waals surface area contributed by atoms with Crippen LogP contribution in [0.4, 0.5) is 0 Å². The van der Waals surface area contributed by atoms with Gasteiger partial charge in [0, 0.05) is 17.9 Å². The topological polar surface area (TPSA) is 46.1 Å². The third-order valence-electron chi connectivity index (χ3n) is 1.99. The Morgan fingerprint density at radius 3 is 3.15 bits per heavy atom. The maximum absolute atomic E-state index is 11.7. The standard InChI is InChI=1S/C7H8BrN3OS/c8-5-1-2-11(4-5)7(12)6-3-9-10-13-6/h3,5H,1-2,4H2. The van der Waals surface area contributed by atoms with Crippen LogP contribution < -0.4 is 0 Å². The van der Waals surface area contributed by atoms with Gasteiger partial charge in [0.1, 0.15) is 4.88 Å². The number of hydrogen-bond donors (Lipinski definition) is 0. The van der Waals surface area contributed by atoms with Crippen molar-refractivity contribution in [2.75, 3.05) is 13.1 Å². The van der Waals surface area contributed by atoms with Gasteiger partial charge in [-0.15, -0.1) is 5.10 Å². The number of rotatable bonds is 1. The van der Waals surface area contributed by atoms with E-state index >= 15 is 0 Å². The minimum Gasteiger partial charge on any atom is -0.337 e. The highest BCUT2D eigenvalue weighted by atomic mass is 79.9. The summed E-state index contributed by atoms with van der Waals surface area (Å²) in [5.74, 6) is 0.0527. The first-order chi connectivity index (χ1) is 6.27. The van der Waals surface area contributed by atoms with E-state index in [1.807, 2.05) is 4.90 Å². The van der Waals surface area contributed by atoms with Crippen LogP contribution in [0.5, 0.6) is 0 Å². The predicted molar refractivity (Wildman–Crippen MR) is 53.1 cm³/mol. The summed E-state index contributed by atoms with van der Waals surface area (Å²) in [6.45, 7) is 1.61. The molecule has 0 aromatic carbocycles. The zero-order valence-electron chi connectivity index (χ0n) is 6.81. The van der Waals surface area contributed by atoms with E-state index in [2.05, 4.69) is 25.5 Å². The number of likely N-dealkylation sites (tertiary alicyclic amines) is 1. The van der Waals surface area contributed by atoms with E-state index in [1.165, 1.54) is 6.20 Å². The van der Waals surface area contributed by atoms with Gasteiger partial charge in [0.2, 0.25) is 0 Å². The molecule has 4 nitrogen and oxygen atoms in total. The first-order valence-electron chi connectivity index (χ1n) is 3.98. The van der Waals surface area contributed by atoms with Crippen LogP contribution in [0.2, 0.25) is 0 Å². The largest absolute Gasteiger partial charge is 0.337 e. The van der Waals surface area contributed by atoms with Crippen LogP contribution in [-0.4, -0.2) is 38.3 Å². The summed E-state index contributed by atoms with van der Waals surface area (Å²) in [7, 11) is 0. The van der Waals surface area contributed by atoms with E-state index in [4.69, 9.17) is 0 Å². The van der Waals surface area contributed by atoms with Gasteiger partial charge in [0.15, 0.2) is 0 Å². The summed E-state index contributed by atoms with van der Waals surface area (Å²) in [5.41, 5.74) is 0. The van der Waals surface area contributed by atoms with Crippen molar-refractivity contribution in [1.29, 1.82) is 0 Å². The molecule has 70 valence electrons. The number of aromatic nitrogens is 2. The maximum Gasteiger partial charge on any atom is 0.267 e. The molecule has 1 amide bonds. The van der Waals surface area contributed by atoms with E-state index in [1.54, 1.807) is 0 Å². The minimum absolute atomic E-state index is 0.0527. The van der Waals surface area contributed by atoms with Crippen molar-refractivity contribution in [1.82, 2.24) is 14.5 Å². The summed E-state index contributed by atoms with van der Waals surface area (Å²) in [6.07, 6.45) is 2.55. The molecule has 1 aromatic heterocycles. The predicted octanol–water partition coefficient (Wildman–Crippen LogP) is 1.15. The summed E-state index contributed by atoms with van der Waals surface area (Å²) in [5, 5.41) is 3.64. The summed E-state index contributed by atoms with van der Waals surface area (Å²) in [6, 6.07) is 0. The molecule has 1 saturated heterocycles. The molecule has 13 heavy (non-hydrogen) atoms. The number of hydrogen-bond acceptors (Lipinski definition) is 4. The van der Waals surface area contributed by atoms with E-state index < -0.39 is 0 Å². The summed E-state index contributed by atoms with van der Waals surface area (Å²) in [4.78, 5) is 14.6. The molecular formula is C7H8BrN3OS. The van der Waals surface area contributed by atoms with Crippen molar-refractivity contribution in [2.24, 2.45) is 0 Å². The third kappa shape index (κ3) is 1.88. The lowest BCUT2D eigenvalue weighted by Crippen LogP contribution is -2.28. The lowest BCUT2D eigenvalue weighted by atomic mass is 10.4. The van der Waals surface area contributed by atoms with Gasteiger partial charge >= 0.3 is 0 Å². The van der Waals surface area contributed by atoms with Crippen molar-refractivity contribution in [2.45, 2.75) is 11.2 Å². The molecular weight excluding hydrogens is 254 g/mol. The molecule has 0 saturated carbocycles. The molecule has 0 N–H and O–H groups in total. The molecule has 1 aromatic rings. The van der Waals surface area contributed by atoms with Gasteiger partial charge in [0.05, 0.1) is 6.20 Å². The monoisotopic (exact) mass is 261 g/mol. The van der Waals surface area contributed by atoms with Crippen molar-refractivity contribution in [3.8, 4) is 0 Å². The van der Waals surface area contributed by atoms with Crippen LogP contribution in [0.3, 0.4) is 0 Å². The van der Waals surface area contributed by atoms with Crippen LogP contribution in [0.25, 0.3) is 0 Å². The van der Waals surface area contributed by atoms with E-state index in [0.29, 0.717) is 9.70 Å². The molecule has 1 unspecified atom stereocenters. The van der Waals surface area contributed by atoms with Gasteiger partial charge in [-0.3, -0.25) is 4.79 Å². The number of carbonyl (C=O) groups excluding carboxylic acids is 1. The number of amides is 1. The number of nitrogens with zero attached hydrogens (tertiary/aromatic N) is 3. The summed E-state index contributed by atoms with van der Waals surface area (Å²) >= 11 is 4.64. The average molecular weight is 262 g/mol. The fourth-order valence-corrected chi connectivity index (χ4v) is 2.36. The number of carbonyl (C=O) groups is 1. The molecule has 0 aliphatic carbocycles. The van der Waals surface area contributed by atoms with Gasteiger partial charge in [0.25, 0.3) is 5.91 Å². The van der Waals surface area contributed by atoms with Gasteiger partial charge < -0.3 is 4.90 Å². The van der Waals surface area contributed by atoms with Crippen LogP contribution in [0, 0.1) is 0 Å². The fourth-order valence-electron chi connectivity index (χ4n) is 1.32. The highest BCUT2D eigenvalue weighted by Crippen LogP contribution is 2.19. The Hall–Kier alpha value is -0.490. The van der Waals surface area contributed by atoms with Crippen LogP contribution in [-0.2, 0) is 0 Å². The van der Waals surface area contributed by atoms with Crippen molar-refractivity contribution in [3.05, 3.63) is 11.1 Å². The van der Waals surface area contributed by atoms with E-state index in [-0.39, 0.29) is 5.91 Å². The third-order valence-corrected chi connectivity index (χ3v) is 3.39. The van der Waals surface area contributed by atoms with Gasteiger partial charge in [-0.2, -0.15) is 0 Å². The van der Waals surface area contributed by atoms with Crippen LogP contribution in [0.15, 0.2) is 6.20 Å². The molecule has 0 spiro atoms. The zero-order valence-corrected chi connectivity index (χ0v) is 9.21. The normalized spacial score (nSPS) is 22.2. The second-order valence-electron chi connectivity index (χ2n) is 2.92. The second kappa shape index (κ2) is 3.71. The van der Waals surface area contributed by atoms with Crippen LogP contribution in [0.1, 0.15) is 16.1 Å². The van der Waals surface area contributed by atoms with Crippen molar-refractivity contribution in [3.63, 3.8) is 0 Å². The molecule has 2 rings (SSSR count). The van der Waals surface area contributed by atoms with Gasteiger partial charge in [-0.05, 0) is 18.0 Å². The highest BCUT2D eigenvalue weighted by Gasteiger charge is 2.25. The average Bonchev–Trinajstić information content (AvgIpc) is 2.72. The Bertz CT molecular complexity index is 303. The Kier molecular flexibility index (Phi) is 2.59. The Morgan fingerprint density at radius 2 is 2.62 bits per heavy atom. The maximum atomic E-state index is 11.7. The fraction of sp³-hybridized carbons (Fsp3) is 0.571. The number of halogens is 1. The van der Waals surface area contributed by atoms with Crippen LogP contribution >= 0.6 is 27.5 Å². The SMILES string of the molecule is O=C(c1cnns1)N1CCC(Br)C1. The Balaban J connectivity index is 2.06. The zero-order chi connectivity index (χ0) is 9.26. The highest BCUT2D eigenvalue weighted by molar-refractivity contribution is 9.09. The molecule has 1 aliphatic heterocycles. The molecule has 1 fully saturated rings. The smallest absolute Gasteiger partial charge is 0.267 e. The van der Waals surface area contributed by atoms with Gasteiger partial charge in [-0.1, -0.05) is 20.4 Å². The summed E-state index contributed by atoms with van der Waals surface area (Å²) < 4.78 is 3.67. The number of alkyl halides is 1. The van der Waals surface area contributed by atoms with Crippen molar-refractivity contribution >= 4 is 33.4 Å². The van der Waals surface area contributed by atoms with E-state index in [0.717, 1.165) is 31.0 Å². The lowest BCUT2D eigenvalue weighted by Gasteiger charge is -2.12. The lowest BCUT2D eigenvalue weighted by molar-refractivity contribution is 0.0798. The van der Waals surface area contributed by atoms with Crippen molar-refractivity contribution < 1.29 is 4.79 Å². The second-order valence-corrected chi connectivity index (χ2v) is 5.00. The first-order valence-corrected chi connectivity index (χ1v) is 5.67. The Labute approximate surface area is 88.2 Å². The Morgan fingerprint density at radius 1 is 1.77 bits per heavy atom. The van der Waals surface area contributed by atoms with Gasteiger partial charge in [-0.25, -0.2) is 0 Å². The van der Waals surface area contributed by atoms with E-state index in [9.17, 15) is 4.79 Å². The molecule has 2 heterocycles. The molecule has 6 heteroatoms. The molecule has 1 aliphatic rings. The first kappa shape index (κ1) is 9.08. The minimum atomic E-state index is 0.0527.